The van der Waals surface area contributed by atoms with E-state index in [2.05, 4.69) is 20.9 Å². The van der Waals surface area contributed by atoms with Crippen LogP contribution in [0, 0.1) is 6.92 Å². The van der Waals surface area contributed by atoms with Crippen LogP contribution in [0.4, 0.5) is 10.6 Å². The van der Waals surface area contributed by atoms with Crippen molar-refractivity contribution in [3.05, 3.63) is 22.3 Å². The maximum atomic E-state index is 12.0. The van der Waals surface area contributed by atoms with Crippen molar-refractivity contribution < 1.29 is 9.53 Å². The Morgan fingerprint density at radius 1 is 1.44 bits per heavy atom. The lowest BCUT2D eigenvalue weighted by atomic mass is 10.2. The SMILES string of the molecule is CCN(C(=O)OC(C)(C)C)c1ccc(C)c(Br)n1. The molecule has 0 unspecified atom stereocenters. The average Bonchev–Trinajstić information content (AvgIpc) is 2.21. The molecule has 1 amide bonds. The first kappa shape index (κ1) is 15.0. The van der Waals surface area contributed by atoms with Gasteiger partial charge in [0.2, 0.25) is 0 Å². The first-order valence-corrected chi connectivity index (χ1v) is 6.67. The van der Waals surface area contributed by atoms with Crippen LogP contribution in [-0.4, -0.2) is 23.2 Å². The van der Waals surface area contributed by atoms with Gasteiger partial charge >= 0.3 is 6.09 Å². The van der Waals surface area contributed by atoms with Gasteiger partial charge in [-0.15, -0.1) is 0 Å². The van der Waals surface area contributed by atoms with Crippen molar-refractivity contribution in [3.8, 4) is 0 Å². The molecule has 0 spiro atoms. The predicted molar refractivity (Wildman–Crippen MR) is 75.9 cm³/mol. The Bertz CT molecular complexity index is 441. The molecule has 0 saturated carbocycles. The summed E-state index contributed by atoms with van der Waals surface area (Å²) in [5.41, 5.74) is 0.519. The largest absolute Gasteiger partial charge is 0.443 e. The number of aromatic nitrogens is 1. The summed E-state index contributed by atoms with van der Waals surface area (Å²) in [6.07, 6.45) is -0.381. The molecule has 0 bridgehead atoms. The minimum atomic E-state index is -0.508. The van der Waals surface area contributed by atoms with E-state index in [9.17, 15) is 4.79 Å². The van der Waals surface area contributed by atoms with E-state index in [4.69, 9.17) is 4.74 Å². The first-order valence-electron chi connectivity index (χ1n) is 5.88. The summed E-state index contributed by atoms with van der Waals surface area (Å²) in [6.45, 7) is 9.88. The van der Waals surface area contributed by atoms with Gasteiger partial charge in [0.1, 0.15) is 16.0 Å². The Morgan fingerprint density at radius 3 is 2.50 bits per heavy atom. The lowest BCUT2D eigenvalue weighted by molar-refractivity contribution is 0.0581. The summed E-state index contributed by atoms with van der Waals surface area (Å²) in [7, 11) is 0. The van der Waals surface area contributed by atoms with E-state index in [1.54, 1.807) is 0 Å². The number of halogens is 1. The molecule has 0 aliphatic heterocycles. The lowest BCUT2D eigenvalue weighted by Crippen LogP contribution is -2.37. The fraction of sp³-hybridized carbons (Fsp3) is 0.538. The number of rotatable bonds is 2. The van der Waals surface area contributed by atoms with Crippen molar-refractivity contribution in [3.63, 3.8) is 0 Å². The highest BCUT2D eigenvalue weighted by atomic mass is 79.9. The van der Waals surface area contributed by atoms with Gasteiger partial charge in [-0.2, -0.15) is 0 Å². The highest BCUT2D eigenvalue weighted by Crippen LogP contribution is 2.20. The van der Waals surface area contributed by atoms with Crippen molar-refractivity contribution in [2.24, 2.45) is 0 Å². The molecule has 0 N–H and O–H groups in total. The minimum absolute atomic E-state index is 0.381. The molecule has 0 fully saturated rings. The van der Waals surface area contributed by atoms with Gasteiger partial charge in [0.25, 0.3) is 0 Å². The van der Waals surface area contributed by atoms with Gasteiger partial charge in [-0.3, -0.25) is 4.90 Å². The molecule has 1 aromatic rings. The van der Waals surface area contributed by atoms with Gasteiger partial charge in [-0.05, 0) is 62.2 Å². The molecule has 18 heavy (non-hydrogen) atoms. The summed E-state index contributed by atoms with van der Waals surface area (Å²) < 4.78 is 6.08. The predicted octanol–water partition coefficient (Wildman–Crippen LogP) is 3.91. The Hall–Kier alpha value is -1.10. The maximum absolute atomic E-state index is 12.0. The van der Waals surface area contributed by atoms with Crippen LogP contribution in [0.25, 0.3) is 0 Å². The molecule has 100 valence electrons. The second-order valence-corrected chi connectivity index (χ2v) is 5.75. The van der Waals surface area contributed by atoms with Crippen molar-refractivity contribution in [2.75, 3.05) is 11.4 Å². The van der Waals surface area contributed by atoms with Gasteiger partial charge in [0, 0.05) is 6.54 Å². The number of carbonyl (C=O) groups is 1. The smallest absolute Gasteiger partial charge is 0.415 e. The average molecular weight is 315 g/mol. The molecule has 0 radical (unpaired) electrons. The molecule has 1 heterocycles. The topological polar surface area (TPSA) is 42.4 Å². The minimum Gasteiger partial charge on any atom is -0.443 e. The molecule has 0 aliphatic carbocycles. The summed E-state index contributed by atoms with van der Waals surface area (Å²) in [4.78, 5) is 17.9. The number of anilines is 1. The fourth-order valence-electron chi connectivity index (χ4n) is 1.35. The molecular weight excluding hydrogens is 296 g/mol. The van der Waals surface area contributed by atoms with E-state index < -0.39 is 5.60 Å². The Morgan fingerprint density at radius 2 is 2.06 bits per heavy atom. The molecular formula is C13H19BrN2O2. The van der Waals surface area contributed by atoms with Gasteiger partial charge in [-0.1, -0.05) is 6.07 Å². The highest BCUT2D eigenvalue weighted by Gasteiger charge is 2.23. The van der Waals surface area contributed by atoms with Gasteiger partial charge in [0.15, 0.2) is 0 Å². The Kier molecular flexibility index (Phi) is 4.73. The molecule has 1 aromatic heterocycles. The van der Waals surface area contributed by atoms with Gasteiger partial charge in [-0.25, -0.2) is 9.78 Å². The van der Waals surface area contributed by atoms with Gasteiger partial charge < -0.3 is 4.74 Å². The van der Waals surface area contributed by atoms with Crippen LogP contribution in [0.2, 0.25) is 0 Å². The summed E-state index contributed by atoms with van der Waals surface area (Å²) in [5, 5.41) is 0. The van der Waals surface area contributed by atoms with Crippen molar-refractivity contribution in [1.82, 2.24) is 4.98 Å². The van der Waals surface area contributed by atoms with E-state index >= 15 is 0 Å². The normalized spacial score (nSPS) is 11.2. The first-order chi connectivity index (χ1) is 8.24. The van der Waals surface area contributed by atoms with E-state index in [1.165, 1.54) is 4.90 Å². The van der Waals surface area contributed by atoms with Crippen molar-refractivity contribution >= 4 is 27.8 Å². The standard InChI is InChI=1S/C13H19BrN2O2/c1-6-16(12(17)18-13(3,4)5)10-8-7-9(2)11(14)15-10/h7-8H,6H2,1-5H3. The van der Waals surface area contributed by atoms with Crippen molar-refractivity contribution in [1.29, 1.82) is 0 Å². The van der Waals surface area contributed by atoms with Crippen LogP contribution in [0.1, 0.15) is 33.3 Å². The molecule has 4 nitrogen and oxygen atoms in total. The van der Waals surface area contributed by atoms with E-state index in [-0.39, 0.29) is 6.09 Å². The third-order valence-corrected chi connectivity index (χ3v) is 3.03. The zero-order valence-electron chi connectivity index (χ0n) is 11.5. The van der Waals surface area contributed by atoms with Crippen molar-refractivity contribution in [2.45, 2.75) is 40.2 Å². The number of amides is 1. The third-order valence-electron chi connectivity index (χ3n) is 2.23. The van der Waals surface area contributed by atoms with Crippen LogP contribution < -0.4 is 4.90 Å². The molecule has 1 rings (SSSR count). The molecule has 0 atom stereocenters. The van der Waals surface area contributed by atoms with E-state index in [0.29, 0.717) is 12.4 Å². The second kappa shape index (κ2) is 5.69. The molecule has 0 aromatic carbocycles. The maximum Gasteiger partial charge on any atom is 0.415 e. The highest BCUT2D eigenvalue weighted by molar-refractivity contribution is 9.10. The van der Waals surface area contributed by atoms with Crippen LogP contribution in [-0.2, 0) is 4.74 Å². The lowest BCUT2D eigenvalue weighted by Gasteiger charge is -2.26. The number of nitrogens with zero attached hydrogens (tertiary/aromatic N) is 2. The summed E-state index contributed by atoms with van der Waals surface area (Å²) >= 11 is 3.36. The van der Waals surface area contributed by atoms with Crippen LogP contribution in [0.15, 0.2) is 16.7 Å². The van der Waals surface area contributed by atoms with Gasteiger partial charge in [0.05, 0.1) is 0 Å². The Balaban J connectivity index is 2.95. The monoisotopic (exact) mass is 314 g/mol. The summed E-state index contributed by atoms with van der Waals surface area (Å²) in [5.74, 6) is 0.587. The second-order valence-electron chi connectivity index (χ2n) is 5.00. The molecule has 5 heteroatoms. The zero-order valence-corrected chi connectivity index (χ0v) is 13.0. The number of pyridine rings is 1. The number of carbonyl (C=O) groups excluding carboxylic acids is 1. The number of ether oxygens (including phenoxy) is 1. The van der Waals surface area contributed by atoms with Crippen LogP contribution >= 0.6 is 15.9 Å². The number of hydrogen-bond donors (Lipinski definition) is 0. The van der Waals surface area contributed by atoms with Crippen LogP contribution in [0.5, 0.6) is 0 Å². The number of hydrogen-bond acceptors (Lipinski definition) is 3. The molecule has 0 aliphatic rings. The fourth-order valence-corrected chi connectivity index (χ4v) is 1.66. The third kappa shape index (κ3) is 3.98. The van der Waals surface area contributed by atoms with E-state index in [0.717, 1.165) is 10.2 Å². The van der Waals surface area contributed by atoms with E-state index in [1.807, 2.05) is 46.8 Å². The quantitative estimate of drug-likeness (QED) is 0.777. The molecule has 0 saturated heterocycles. The Labute approximate surface area is 116 Å². The zero-order chi connectivity index (χ0) is 13.9. The van der Waals surface area contributed by atoms with Crippen LogP contribution in [0.3, 0.4) is 0 Å². The number of aryl methyl sites for hydroxylation is 1. The summed E-state index contributed by atoms with van der Waals surface area (Å²) in [6, 6.07) is 3.73.